The van der Waals surface area contributed by atoms with Gasteiger partial charge in [-0.1, -0.05) is 0 Å². The number of pyridine rings is 1. The Balaban J connectivity index is 1.43. The molecule has 1 saturated heterocycles. The molecule has 0 unspecified atom stereocenters. The maximum atomic E-state index is 12.2. The summed E-state index contributed by atoms with van der Waals surface area (Å²) in [5, 5.41) is 0. The fourth-order valence-corrected chi connectivity index (χ4v) is 3.27. The fourth-order valence-electron chi connectivity index (χ4n) is 3.27. The van der Waals surface area contributed by atoms with Crippen molar-refractivity contribution in [2.75, 3.05) is 31.1 Å². The zero-order chi connectivity index (χ0) is 20.6. The first kappa shape index (κ1) is 19.0. The smallest absolute Gasteiger partial charge is 0.410 e. The molecule has 0 bridgehead atoms. The van der Waals surface area contributed by atoms with E-state index >= 15 is 0 Å². The van der Waals surface area contributed by atoms with Crippen LogP contribution in [-0.2, 0) is 4.74 Å². The van der Waals surface area contributed by atoms with E-state index in [0.29, 0.717) is 37.5 Å². The highest BCUT2D eigenvalue weighted by Crippen LogP contribution is 2.21. The number of hydrogen-bond acceptors (Lipinski definition) is 6. The maximum absolute atomic E-state index is 12.2. The predicted molar refractivity (Wildman–Crippen MR) is 109 cm³/mol. The van der Waals surface area contributed by atoms with Gasteiger partial charge in [-0.15, -0.1) is 0 Å². The minimum atomic E-state index is -0.494. The van der Waals surface area contributed by atoms with Gasteiger partial charge in [0, 0.05) is 56.4 Å². The third-order valence-electron chi connectivity index (χ3n) is 4.72. The molecule has 0 aliphatic carbocycles. The first-order valence-corrected chi connectivity index (χ1v) is 9.56. The average Bonchev–Trinajstić information content (AvgIpc) is 3.16. The Morgan fingerprint density at radius 3 is 2.55 bits per heavy atom. The number of H-pyrrole nitrogens is 1. The Bertz CT molecular complexity index is 1070. The van der Waals surface area contributed by atoms with E-state index in [2.05, 4.69) is 19.9 Å². The van der Waals surface area contributed by atoms with Crippen LogP contribution in [0.5, 0.6) is 0 Å². The number of amides is 1. The van der Waals surface area contributed by atoms with Crippen molar-refractivity contribution in [1.82, 2.24) is 24.3 Å². The zero-order valence-electron chi connectivity index (χ0n) is 16.8. The molecule has 152 valence electrons. The van der Waals surface area contributed by atoms with Crippen LogP contribution in [0.2, 0.25) is 0 Å². The molecule has 4 heterocycles. The Morgan fingerprint density at radius 1 is 1.14 bits per heavy atom. The van der Waals surface area contributed by atoms with Crippen molar-refractivity contribution in [3.05, 3.63) is 47.3 Å². The highest BCUT2D eigenvalue weighted by Gasteiger charge is 2.26. The molecule has 0 saturated carbocycles. The van der Waals surface area contributed by atoms with Crippen molar-refractivity contribution in [2.45, 2.75) is 26.4 Å². The van der Waals surface area contributed by atoms with E-state index in [1.165, 1.54) is 4.40 Å². The lowest BCUT2D eigenvalue weighted by molar-refractivity contribution is 0.0240. The number of aromatic amines is 1. The van der Waals surface area contributed by atoms with Gasteiger partial charge < -0.3 is 19.5 Å². The molecule has 0 atom stereocenters. The first-order chi connectivity index (χ1) is 13.8. The summed E-state index contributed by atoms with van der Waals surface area (Å²) in [6.07, 6.45) is 4.67. The van der Waals surface area contributed by atoms with Crippen molar-refractivity contribution in [1.29, 1.82) is 0 Å². The third-order valence-corrected chi connectivity index (χ3v) is 4.72. The number of anilines is 1. The molecule has 0 radical (unpaired) electrons. The van der Waals surface area contributed by atoms with Crippen LogP contribution in [-0.4, -0.2) is 62.1 Å². The van der Waals surface area contributed by atoms with Gasteiger partial charge in [-0.3, -0.25) is 4.40 Å². The second-order valence-electron chi connectivity index (χ2n) is 8.00. The van der Waals surface area contributed by atoms with Crippen molar-refractivity contribution in [3.8, 4) is 11.3 Å². The molecule has 29 heavy (non-hydrogen) atoms. The van der Waals surface area contributed by atoms with E-state index < -0.39 is 5.60 Å². The minimum Gasteiger partial charge on any atom is -0.444 e. The third kappa shape index (κ3) is 4.08. The number of nitrogens with zero attached hydrogens (tertiary/aromatic N) is 5. The van der Waals surface area contributed by atoms with Crippen LogP contribution in [0.1, 0.15) is 20.8 Å². The molecule has 1 aliphatic heterocycles. The van der Waals surface area contributed by atoms with Gasteiger partial charge in [-0.05, 0) is 32.9 Å². The second-order valence-corrected chi connectivity index (χ2v) is 8.00. The van der Waals surface area contributed by atoms with Crippen LogP contribution in [0.15, 0.2) is 41.6 Å². The summed E-state index contributed by atoms with van der Waals surface area (Å²) >= 11 is 0. The number of rotatable bonds is 2. The van der Waals surface area contributed by atoms with Gasteiger partial charge in [0.25, 0.3) is 0 Å². The normalized spacial score (nSPS) is 15.0. The summed E-state index contributed by atoms with van der Waals surface area (Å²) in [6.45, 7) is 8.13. The number of piperazine rings is 1. The molecule has 9 nitrogen and oxygen atoms in total. The van der Waals surface area contributed by atoms with Gasteiger partial charge in [-0.25, -0.2) is 19.6 Å². The van der Waals surface area contributed by atoms with Crippen LogP contribution in [0.3, 0.4) is 0 Å². The van der Waals surface area contributed by atoms with E-state index in [1.807, 2.05) is 39.0 Å². The van der Waals surface area contributed by atoms with Crippen LogP contribution < -0.4 is 10.6 Å². The topological polar surface area (TPSA) is 95.8 Å². The molecule has 1 amide bonds. The van der Waals surface area contributed by atoms with Crippen LogP contribution in [0, 0.1) is 0 Å². The van der Waals surface area contributed by atoms with Gasteiger partial charge in [0.15, 0.2) is 0 Å². The monoisotopic (exact) mass is 396 g/mol. The molecule has 3 aromatic rings. The lowest BCUT2D eigenvalue weighted by Crippen LogP contribution is -2.50. The zero-order valence-corrected chi connectivity index (χ0v) is 16.8. The molecule has 0 spiro atoms. The quantitative estimate of drug-likeness (QED) is 0.713. The van der Waals surface area contributed by atoms with Crippen molar-refractivity contribution in [2.24, 2.45) is 0 Å². The molecule has 3 aromatic heterocycles. The first-order valence-electron chi connectivity index (χ1n) is 9.56. The van der Waals surface area contributed by atoms with Crippen LogP contribution >= 0.6 is 0 Å². The van der Waals surface area contributed by atoms with Gasteiger partial charge in [0.1, 0.15) is 17.1 Å². The lowest BCUT2D eigenvalue weighted by atomic mass is 10.2. The Hall–Kier alpha value is -3.36. The molecule has 1 fully saturated rings. The number of hydrogen-bond donors (Lipinski definition) is 1. The molecule has 0 aromatic carbocycles. The Morgan fingerprint density at radius 2 is 1.90 bits per heavy atom. The highest BCUT2D eigenvalue weighted by atomic mass is 16.6. The van der Waals surface area contributed by atoms with E-state index in [9.17, 15) is 9.59 Å². The van der Waals surface area contributed by atoms with E-state index in [1.54, 1.807) is 23.5 Å². The van der Waals surface area contributed by atoms with Crippen LogP contribution in [0.4, 0.5) is 10.6 Å². The Kier molecular flexibility index (Phi) is 4.73. The summed E-state index contributed by atoms with van der Waals surface area (Å²) in [5.74, 6) is 0.835. The number of ether oxygens (including phenoxy) is 1. The molecule has 1 N–H and O–H groups in total. The van der Waals surface area contributed by atoms with Gasteiger partial charge in [0.2, 0.25) is 0 Å². The van der Waals surface area contributed by atoms with E-state index in [-0.39, 0.29) is 11.8 Å². The summed E-state index contributed by atoms with van der Waals surface area (Å²) < 4.78 is 6.89. The van der Waals surface area contributed by atoms with E-state index in [4.69, 9.17) is 4.74 Å². The molecular weight excluding hydrogens is 372 g/mol. The standard InChI is InChI=1S/C20H24N6O3/c1-20(2,3)29-19(28)25-10-8-24(9-11-25)16-5-4-14(13-22-16)15-12-17-21-6-7-26(17)18(27)23-15/h4-7,12-13H,8-11H2,1-3H3,(H,23,27). The van der Waals surface area contributed by atoms with Crippen LogP contribution in [0.25, 0.3) is 16.9 Å². The summed E-state index contributed by atoms with van der Waals surface area (Å²) in [7, 11) is 0. The van der Waals surface area contributed by atoms with Crippen molar-refractivity contribution < 1.29 is 9.53 Å². The van der Waals surface area contributed by atoms with E-state index in [0.717, 1.165) is 11.4 Å². The number of imidazole rings is 1. The van der Waals surface area contributed by atoms with Crippen molar-refractivity contribution in [3.63, 3.8) is 0 Å². The number of carbonyl (C=O) groups excluding carboxylic acids is 1. The second kappa shape index (κ2) is 7.23. The number of nitrogens with one attached hydrogen (secondary N) is 1. The van der Waals surface area contributed by atoms with Gasteiger partial charge >= 0.3 is 11.8 Å². The van der Waals surface area contributed by atoms with Crippen molar-refractivity contribution >= 4 is 17.6 Å². The number of fused-ring (bicyclic) bond motifs is 1. The summed E-state index contributed by atoms with van der Waals surface area (Å²) in [5.41, 5.74) is 1.33. The molecule has 4 rings (SSSR count). The highest BCUT2D eigenvalue weighted by molar-refractivity contribution is 5.69. The predicted octanol–water partition coefficient (Wildman–Crippen LogP) is 2.14. The summed E-state index contributed by atoms with van der Waals surface area (Å²) in [4.78, 5) is 39.7. The molecular formula is C20H24N6O3. The Labute approximate surface area is 168 Å². The SMILES string of the molecule is CC(C)(C)OC(=O)N1CCN(c2ccc(-c3cc4nccn4c(=O)[nH]3)cn2)CC1. The molecule has 1 aliphatic rings. The van der Waals surface area contributed by atoms with Gasteiger partial charge in [-0.2, -0.15) is 0 Å². The fraction of sp³-hybridized carbons (Fsp3) is 0.400. The maximum Gasteiger partial charge on any atom is 0.410 e. The lowest BCUT2D eigenvalue weighted by Gasteiger charge is -2.36. The number of carbonyl (C=O) groups is 1. The minimum absolute atomic E-state index is 0.239. The van der Waals surface area contributed by atoms with Gasteiger partial charge in [0.05, 0.1) is 5.69 Å². The largest absolute Gasteiger partial charge is 0.444 e. The summed E-state index contributed by atoms with van der Waals surface area (Å²) in [6, 6.07) is 5.66. The number of aromatic nitrogens is 4. The average molecular weight is 396 g/mol. The molecule has 9 heteroatoms.